The molecule has 0 atom stereocenters. The molecule has 0 saturated heterocycles. The van der Waals surface area contributed by atoms with E-state index in [1.807, 2.05) is 18.2 Å². The quantitative estimate of drug-likeness (QED) is 0.848. The summed E-state index contributed by atoms with van der Waals surface area (Å²) in [6.45, 7) is 0.595. The van der Waals surface area contributed by atoms with Crippen molar-refractivity contribution in [1.29, 1.82) is 0 Å². The van der Waals surface area contributed by atoms with Gasteiger partial charge >= 0.3 is 0 Å². The zero-order valence-corrected chi connectivity index (χ0v) is 10.9. The lowest BCUT2D eigenvalue weighted by atomic mass is 10.2. The van der Waals surface area contributed by atoms with E-state index < -0.39 is 0 Å². The molecule has 0 N–H and O–H groups in total. The van der Waals surface area contributed by atoms with Gasteiger partial charge in [0.15, 0.2) is 0 Å². The van der Waals surface area contributed by atoms with Gasteiger partial charge in [0.05, 0.1) is 16.8 Å². The molecule has 0 fully saturated rings. The minimum Gasteiger partial charge on any atom is -0.469 e. The lowest BCUT2D eigenvalue weighted by molar-refractivity contribution is 0.0795. The number of carbonyl (C=O) groups is 1. The van der Waals surface area contributed by atoms with E-state index >= 15 is 0 Å². The molecule has 0 unspecified atom stereocenters. The van der Waals surface area contributed by atoms with Crippen LogP contribution in [-0.2, 0) is 6.42 Å². The molecule has 94 valence electrons. The molecule has 1 heterocycles. The lowest BCUT2D eigenvalue weighted by Gasteiger charge is -2.17. The molecule has 1 aromatic carbocycles. The number of amides is 1. The summed E-state index contributed by atoms with van der Waals surface area (Å²) in [5.74, 6) is 0.793. The van der Waals surface area contributed by atoms with Gasteiger partial charge in [-0.3, -0.25) is 4.79 Å². The molecule has 0 radical (unpaired) electrons. The molecular weight excluding hydrogens is 250 g/mol. The first-order chi connectivity index (χ1) is 8.68. The van der Waals surface area contributed by atoms with Gasteiger partial charge in [-0.2, -0.15) is 0 Å². The van der Waals surface area contributed by atoms with Crippen molar-refractivity contribution in [2.45, 2.75) is 6.42 Å². The summed E-state index contributed by atoms with van der Waals surface area (Å²) >= 11 is 6.00. The van der Waals surface area contributed by atoms with Gasteiger partial charge in [-0.25, -0.2) is 0 Å². The minimum absolute atomic E-state index is 0.0767. The van der Waals surface area contributed by atoms with Crippen molar-refractivity contribution in [2.24, 2.45) is 0 Å². The Morgan fingerprint density at radius 3 is 2.72 bits per heavy atom. The number of furan rings is 1. The first-order valence-electron chi connectivity index (χ1n) is 5.71. The van der Waals surface area contributed by atoms with Crippen LogP contribution in [0.5, 0.6) is 0 Å². The van der Waals surface area contributed by atoms with E-state index in [4.69, 9.17) is 16.0 Å². The molecule has 0 aliphatic rings. The smallest absolute Gasteiger partial charge is 0.255 e. The fourth-order valence-electron chi connectivity index (χ4n) is 1.67. The van der Waals surface area contributed by atoms with Crippen molar-refractivity contribution < 1.29 is 9.21 Å². The van der Waals surface area contributed by atoms with E-state index in [-0.39, 0.29) is 5.91 Å². The Kier molecular flexibility index (Phi) is 4.05. The van der Waals surface area contributed by atoms with Crippen LogP contribution in [0.4, 0.5) is 0 Å². The molecule has 4 heteroatoms. The van der Waals surface area contributed by atoms with E-state index in [2.05, 4.69) is 0 Å². The standard InChI is InChI=1S/C14H14ClNO2/c1-16(9-8-11-5-4-10-18-11)14(17)12-6-2-3-7-13(12)15/h2-7,10H,8-9H2,1H3. The van der Waals surface area contributed by atoms with Crippen LogP contribution in [0.2, 0.25) is 5.02 Å². The minimum atomic E-state index is -0.0767. The Morgan fingerprint density at radius 1 is 1.28 bits per heavy atom. The number of nitrogens with zero attached hydrogens (tertiary/aromatic N) is 1. The molecule has 2 rings (SSSR count). The van der Waals surface area contributed by atoms with Crippen LogP contribution in [0.15, 0.2) is 47.1 Å². The second kappa shape index (κ2) is 5.74. The maximum absolute atomic E-state index is 12.1. The summed E-state index contributed by atoms with van der Waals surface area (Å²) in [6.07, 6.45) is 2.32. The highest BCUT2D eigenvalue weighted by molar-refractivity contribution is 6.33. The van der Waals surface area contributed by atoms with Gasteiger partial charge in [-0.05, 0) is 24.3 Å². The van der Waals surface area contributed by atoms with Crippen molar-refractivity contribution in [2.75, 3.05) is 13.6 Å². The first-order valence-corrected chi connectivity index (χ1v) is 6.08. The molecular formula is C14H14ClNO2. The van der Waals surface area contributed by atoms with E-state index in [1.54, 1.807) is 36.4 Å². The second-order valence-corrected chi connectivity index (χ2v) is 4.44. The molecule has 0 aliphatic carbocycles. The van der Waals surface area contributed by atoms with Crippen LogP contribution in [0.25, 0.3) is 0 Å². The zero-order chi connectivity index (χ0) is 13.0. The average molecular weight is 264 g/mol. The summed E-state index contributed by atoms with van der Waals surface area (Å²) < 4.78 is 5.23. The van der Waals surface area contributed by atoms with Crippen LogP contribution in [0, 0.1) is 0 Å². The zero-order valence-electron chi connectivity index (χ0n) is 10.1. The average Bonchev–Trinajstić information content (AvgIpc) is 2.89. The number of carbonyl (C=O) groups excluding carboxylic acids is 1. The fraction of sp³-hybridized carbons (Fsp3) is 0.214. The van der Waals surface area contributed by atoms with Crippen LogP contribution >= 0.6 is 11.6 Å². The predicted molar refractivity (Wildman–Crippen MR) is 70.8 cm³/mol. The third kappa shape index (κ3) is 2.93. The van der Waals surface area contributed by atoms with Gasteiger partial charge in [-0.15, -0.1) is 0 Å². The largest absolute Gasteiger partial charge is 0.469 e. The number of benzene rings is 1. The number of halogens is 1. The van der Waals surface area contributed by atoms with Gasteiger partial charge in [0.25, 0.3) is 5.91 Å². The molecule has 0 spiro atoms. The Labute approximate surface area is 111 Å². The van der Waals surface area contributed by atoms with Crippen molar-refractivity contribution in [3.8, 4) is 0 Å². The highest BCUT2D eigenvalue weighted by Crippen LogP contribution is 2.16. The Balaban J connectivity index is 1.99. The predicted octanol–water partition coefficient (Wildman–Crippen LogP) is 3.25. The lowest BCUT2D eigenvalue weighted by Crippen LogP contribution is -2.28. The third-order valence-corrected chi connectivity index (χ3v) is 3.05. The van der Waals surface area contributed by atoms with Gasteiger partial charge < -0.3 is 9.32 Å². The number of hydrogen-bond acceptors (Lipinski definition) is 2. The normalized spacial score (nSPS) is 10.3. The molecule has 2 aromatic rings. The number of rotatable bonds is 4. The number of hydrogen-bond donors (Lipinski definition) is 0. The summed E-state index contributed by atoms with van der Waals surface area (Å²) in [5.41, 5.74) is 0.529. The molecule has 18 heavy (non-hydrogen) atoms. The maximum Gasteiger partial charge on any atom is 0.255 e. The van der Waals surface area contributed by atoms with Gasteiger partial charge in [0.1, 0.15) is 5.76 Å². The van der Waals surface area contributed by atoms with Crippen molar-refractivity contribution in [3.05, 3.63) is 59.0 Å². The molecule has 1 aromatic heterocycles. The van der Waals surface area contributed by atoms with Gasteiger partial charge in [0.2, 0.25) is 0 Å². The topological polar surface area (TPSA) is 33.5 Å². The summed E-state index contributed by atoms with van der Waals surface area (Å²) in [5, 5.41) is 0.479. The maximum atomic E-state index is 12.1. The Bertz CT molecular complexity index is 522. The molecule has 1 amide bonds. The van der Waals surface area contributed by atoms with Crippen LogP contribution < -0.4 is 0 Å². The second-order valence-electron chi connectivity index (χ2n) is 4.04. The monoisotopic (exact) mass is 263 g/mol. The first kappa shape index (κ1) is 12.7. The van der Waals surface area contributed by atoms with E-state index in [1.165, 1.54) is 0 Å². The highest BCUT2D eigenvalue weighted by Gasteiger charge is 2.14. The van der Waals surface area contributed by atoms with Crippen molar-refractivity contribution in [3.63, 3.8) is 0 Å². The summed E-state index contributed by atoms with van der Waals surface area (Å²) in [4.78, 5) is 13.8. The Hall–Kier alpha value is -1.74. The molecule has 0 saturated carbocycles. The van der Waals surface area contributed by atoms with Crippen LogP contribution in [0.3, 0.4) is 0 Å². The third-order valence-electron chi connectivity index (χ3n) is 2.72. The van der Waals surface area contributed by atoms with Crippen LogP contribution in [0.1, 0.15) is 16.1 Å². The Morgan fingerprint density at radius 2 is 2.06 bits per heavy atom. The molecule has 0 aliphatic heterocycles. The van der Waals surface area contributed by atoms with Crippen molar-refractivity contribution >= 4 is 17.5 Å². The van der Waals surface area contributed by atoms with E-state index in [0.717, 1.165) is 5.76 Å². The van der Waals surface area contributed by atoms with E-state index in [9.17, 15) is 4.79 Å². The summed E-state index contributed by atoms with van der Waals surface area (Å²) in [6, 6.07) is 10.8. The SMILES string of the molecule is CN(CCc1ccco1)C(=O)c1ccccc1Cl. The van der Waals surface area contributed by atoms with Gasteiger partial charge in [0, 0.05) is 20.0 Å². The van der Waals surface area contributed by atoms with Crippen LogP contribution in [-0.4, -0.2) is 24.4 Å². The molecule has 0 bridgehead atoms. The highest BCUT2D eigenvalue weighted by atomic mass is 35.5. The number of likely N-dealkylation sites (N-methyl/N-ethyl adjacent to an activating group) is 1. The molecule has 3 nitrogen and oxygen atoms in total. The fourth-order valence-corrected chi connectivity index (χ4v) is 1.89. The van der Waals surface area contributed by atoms with E-state index in [0.29, 0.717) is 23.6 Å². The van der Waals surface area contributed by atoms with Gasteiger partial charge in [-0.1, -0.05) is 23.7 Å². The van der Waals surface area contributed by atoms with Crippen molar-refractivity contribution in [1.82, 2.24) is 4.90 Å². The summed E-state index contributed by atoms with van der Waals surface area (Å²) in [7, 11) is 1.76.